The van der Waals surface area contributed by atoms with Crippen LogP contribution in [0.4, 0.5) is 5.69 Å². The van der Waals surface area contributed by atoms with Gasteiger partial charge in [-0.3, -0.25) is 4.79 Å². The molecule has 4 rings (SSSR count). The number of para-hydroxylation sites is 1. The summed E-state index contributed by atoms with van der Waals surface area (Å²) in [5, 5.41) is 3.36. The summed E-state index contributed by atoms with van der Waals surface area (Å²) in [5.41, 5.74) is 3.04. The second-order valence-electron chi connectivity index (χ2n) is 7.24. The molecule has 3 aromatic carbocycles. The predicted molar refractivity (Wildman–Crippen MR) is 126 cm³/mol. The highest BCUT2D eigenvalue weighted by Gasteiger charge is 2.17. The highest BCUT2D eigenvalue weighted by molar-refractivity contribution is 6.05. The Hall–Kier alpha value is -4.39. The third kappa shape index (κ3) is 4.77. The number of methoxy groups -OCH3 is 2. The van der Waals surface area contributed by atoms with Gasteiger partial charge in [0.15, 0.2) is 11.5 Å². The molecule has 1 amide bonds. The quantitative estimate of drug-likeness (QED) is 0.330. The number of hydrogen-bond acceptors (Lipinski definition) is 6. The SMILES string of the molecule is COc1ccc(-c2cc(C(=O)Oc3ccc(NC(C)=O)cc3)c3ccccc3n2)cc1OC. The molecule has 0 fully saturated rings. The first-order chi connectivity index (χ1) is 16.0. The Morgan fingerprint density at radius 1 is 0.848 bits per heavy atom. The predicted octanol–water partition coefficient (Wildman–Crippen LogP) is 5.10. The van der Waals surface area contributed by atoms with Gasteiger partial charge < -0.3 is 19.5 Å². The number of benzene rings is 3. The number of amides is 1. The minimum absolute atomic E-state index is 0.175. The molecule has 33 heavy (non-hydrogen) atoms. The van der Waals surface area contributed by atoms with Gasteiger partial charge in [-0.1, -0.05) is 18.2 Å². The Morgan fingerprint density at radius 2 is 1.58 bits per heavy atom. The average Bonchev–Trinajstić information content (AvgIpc) is 2.83. The summed E-state index contributed by atoms with van der Waals surface area (Å²) >= 11 is 0. The van der Waals surface area contributed by atoms with E-state index in [2.05, 4.69) is 5.32 Å². The first-order valence-electron chi connectivity index (χ1n) is 10.2. The molecule has 1 heterocycles. The van der Waals surface area contributed by atoms with Crippen LogP contribution in [0, 0.1) is 0 Å². The van der Waals surface area contributed by atoms with Gasteiger partial charge in [0.25, 0.3) is 0 Å². The number of fused-ring (bicyclic) bond motifs is 1. The molecule has 0 aliphatic rings. The highest BCUT2D eigenvalue weighted by atomic mass is 16.5. The van der Waals surface area contributed by atoms with Crippen molar-refractivity contribution in [1.82, 2.24) is 4.98 Å². The lowest BCUT2D eigenvalue weighted by molar-refractivity contribution is -0.114. The van der Waals surface area contributed by atoms with Gasteiger partial charge in [-0.25, -0.2) is 9.78 Å². The number of nitrogens with one attached hydrogen (secondary N) is 1. The summed E-state index contributed by atoms with van der Waals surface area (Å²) in [6, 6.07) is 21.1. The molecule has 166 valence electrons. The van der Waals surface area contributed by atoms with E-state index in [0.717, 1.165) is 5.56 Å². The largest absolute Gasteiger partial charge is 0.493 e. The lowest BCUT2D eigenvalue weighted by atomic mass is 10.0. The lowest BCUT2D eigenvalue weighted by Crippen LogP contribution is -2.10. The van der Waals surface area contributed by atoms with E-state index in [-0.39, 0.29) is 5.91 Å². The second-order valence-corrected chi connectivity index (χ2v) is 7.24. The van der Waals surface area contributed by atoms with E-state index in [1.165, 1.54) is 6.92 Å². The minimum atomic E-state index is -0.511. The first-order valence-corrected chi connectivity index (χ1v) is 10.2. The summed E-state index contributed by atoms with van der Waals surface area (Å²) in [6.45, 7) is 1.43. The number of esters is 1. The Bertz CT molecular complexity index is 1330. The van der Waals surface area contributed by atoms with Crippen molar-refractivity contribution in [3.8, 4) is 28.5 Å². The minimum Gasteiger partial charge on any atom is -0.493 e. The molecular weight excluding hydrogens is 420 g/mol. The van der Waals surface area contributed by atoms with Gasteiger partial charge in [-0.05, 0) is 54.6 Å². The third-order valence-corrected chi connectivity index (χ3v) is 5.00. The maximum Gasteiger partial charge on any atom is 0.344 e. The Balaban J connectivity index is 1.71. The van der Waals surface area contributed by atoms with E-state index in [1.807, 2.05) is 36.4 Å². The number of carbonyl (C=O) groups excluding carboxylic acids is 2. The molecular formula is C26H22N2O5. The van der Waals surface area contributed by atoms with Crippen LogP contribution in [0.1, 0.15) is 17.3 Å². The van der Waals surface area contributed by atoms with E-state index in [4.69, 9.17) is 19.2 Å². The summed E-state index contributed by atoms with van der Waals surface area (Å²) in [6.07, 6.45) is 0. The van der Waals surface area contributed by atoms with Crippen LogP contribution in [-0.4, -0.2) is 31.1 Å². The summed E-state index contributed by atoms with van der Waals surface area (Å²) in [7, 11) is 3.14. The molecule has 0 saturated carbocycles. The number of aromatic nitrogens is 1. The van der Waals surface area contributed by atoms with Gasteiger partial charge in [0.05, 0.1) is 31.0 Å². The van der Waals surface area contributed by atoms with Crippen molar-refractivity contribution in [3.05, 3.63) is 78.4 Å². The summed E-state index contributed by atoms with van der Waals surface area (Å²) in [4.78, 5) is 29.0. The first kappa shape index (κ1) is 21.8. The molecule has 0 saturated heterocycles. The smallest absolute Gasteiger partial charge is 0.344 e. The van der Waals surface area contributed by atoms with Crippen LogP contribution in [0.2, 0.25) is 0 Å². The van der Waals surface area contributed by atoms with Crippen molar-refractivity contribution in [2.45, 2.75) is 6.92 Å². The van der Waals surface area contributed by atoms with E-state index in [9.17, 15) is 9.59 Å². The Labute approximate surface area is 190 Å². The molecule has 0 spiro atoms. The molecule has 1 N–H and O–H groups in total. The molecule has 0 bridgehead atoms. The molecule has 0 radical (unpaired) electrons. The van der Waals surface area contributed by atoms with Crippen molar-refractivity contribution in [1.29, 1.82) is 0 Å². The lowest BCUT2D eigenvalue weighted by Gasteiger charge is -2.12. The molecule has 7 nitrogen and oxygen atoms in total. The van der Waals surface area contributed by atoms with E-state index < -0.39 is 5.97 Å². The maximum absolute atomic E-state index is 13.1. The van der Waals surface area contributed by atoms with Crippen molar-refractivity contribution in [2.24, 2.45) is 0 Å². The molecule has 0 aliphatic heterocycles. The van der Waals surface area contributed by atoms with Crippen molar-refractivity contribution in [2.75, 3.05) is 19.5 Å². The topological polar surface area (TPSA) is 86.8 Å². The zero-order chi connectivity index (χ0) is 23.4. The zero-order valence-corrected chi connectivity index (χ0v) is 18.4. The molecule has 0 unspecified atom stereocenters. The number of anilines is 1. The number of hydrogen-bond donors (Lipinski definition) is 1. The van der Waals surface area contributed by atoms with Crippen LogP contribution in [0.3, 0.4) is 0 Å². The van der Waals surface area contributed by atoms with E-state index in [0.29, 0.717) is 45.1 Å². The Kier molecular flexibility index (Phi) is 6.22. The van der Waals surface area contributed by atoms with Crippen LogP contribution in [0.5, 0.6) is 17.2 Å². The fraction of sp³-hybridized carbons (Fsp3) is 0.115. The van der Waals surface area contributed by atoms with Gasteiger partial charge in [0.1, 0.15) is 5.75 Å². The molecule has 7 heteroatoms. The number of pyridine rings is 1. The number of carbonyl (C=O) groups is 2. The van der Waals surface area contributed by atoms with Crippen LogP contribution in [-0.2, 0) is 4.79 Å². The standard InChI is InChI=1S/C26H22N2O5/c1-16(29)27-18-9-11-19(12-10-18)33-26(30)21-15-23(28-22-7-5-4-6-20(21)22)17-8-13-24(31-2)25(14-17)32-3/h4-15H,1-3H3,(H,27,29). The average molecular weight is 442 g/mol. The van der Waals surface area contributed by atoms with Crippen LogP contribution in [0.25, 0.3) is 22.2 Å². The normalized spacial score (nSPS) is 10.5. The second kappa shape index (κ2) is 9.40. The molecule has 0 aliphatic carbocycles. The van der Waals surface area contributed by atoms with Gasteiger partial charge in [0.2, 0.25) is 5.91 Å². The molecule has 4 aromatic rings. The van der Waals surface area contributed by atoms with Crippen LogP contribution in [0.15, 0.2) is 72.8 Å². The van der Waals surface area contributed by atoms with Gasteiger partial charge in [-0.15, -0.1) is 0 Å². The fourth-order valence-electron chi connectivity index (χ4n) is 3.46. The number of ether oxygens (including phenoxy) is 3. The van der Waals surface area contributed by atoms with Crippen molar-refractivity contribution in [3.63, 3.8) is 0 Å². The van der Waals surface area contributed by atoms with Crippen LogP contribution >= 0.6 is 0 Å². The molecule has 0 atom stereocenters. The number of nitrogens with zero attached hydrogens (tertiary/aromatic N) is 1. The van der Waals surface area contributed by atoms with Crippen molar-refractivity contribution < 1.29 is 23.8 Å². The van der Waals surface area contributed by atoms with E-state index in [1.54, 1.807) is 50.6 Å². The zero-order valence-electron chi connectivity index (χ0n) is 18.4. The Morgan fingerprint density at radius 3 is 2.27 bits per heavy atom. The maximum atomic E-state index is 13.1. The molecule has 1 aromatic heterocycles. The van der Waals surface area contributed by atoms with Gasteiger partial charge in [0, 0.05) is 23.6 Å². The third-order valence-electron chi connectivity index (χ3n) is 5.00. The van der Waals surface area contributed by atoms with Crippen LogP contribution < -0.4 is 19.5 Å². The summed E-state index contributed by atoms with van der Waals surface area (Å²) < 4.78 is 16.3. The fourth-order valence-corrected chi connectivity index (χ4v) is 3.46. The van der Waals surface area contributed by atoms with Crippen molar-refractivity contribution >= 4 is 28.5 Å². The number of rotatable bonds is 6. The van der Waals surface area contributed by atoms with Gasteiger partial charge >= 0.3 is 5.97 Å². The highest BCUT2D eigenvalue weighted by Crippen LogP contribution is 2.33. The van der Waals surface area contributed by atoms with E-state index >= 15 is 0 Å². The monoisotopic (exact) mass is 442 g/mol. The van der Waals surface area contributed by atoms with Gasteiger partial charge in [-0.2, -0.15) is 0 Å². The summed E-state index contributed by atoms with van der Waals surface area (Å²) in [5.74, 6) is 0.841.